The topological polar surface area (TPSA) is 61.4 Å². The molecule has 1 amide bonds. The number of nitrogens with one attached hydrogen (secondary N) is 2. The van der Waals surface area contributed by atoms with Gasteiger partial charge in [0.15, 0.2) is 11.3 Å². The third kappa shape index (κ3) is 3.38. The number of anilines is 3. The molecule has 8 heteroatoms. The average molecular weight is 504 g/mol. The van der Waals surface area contributed by atoms with Gasteiger partial charge in [0.25, 0.3) is 5.91 Å². The molecule has 2 N–H and O–H groups in total. The van der Waals surface area contributed by atoms with Gasteiger partial charge in [0.05, 0.1) is 34.7 Å². The number of benzene rings is 3. The molecule has 0 bridgehead atoms. The quantitative estimate of drug-likeness (QED) is 0.436. The molecular formula is C29H24F3N3O2. The standard InChI is InChI=1S/C29H24F3N3O2/c1-16-13-22-23(14-17(16)2)34-28(25-21(33-22)11-12-24(25)36)19-9-6-10-20(29(30,31)32)26(19)35(27(28)37)15-18-7-4-3-5-8-18/h3-10,13-14,33-34H,11-12,15H2,1-2H3. The summed E-state index contributed by atoms with van der Waals surface area (Å²) in [5, 5.41) is 6.64. The number of amides is 1. The van der Waals surface area contributed by atoms with Crippen LogP contribution in [0, 0.1) is 13.8 Å². The number of carbonyl (C=O) groups is 2. The number of alkyl halides is 3. The summed E-state index contributed by atoms with van der Waals surface area (Å²) in [6.07, 6.45) is -4.14. The van der Waals surface area contributed by atoms with Crippen LogP contribution >= 0.6 is 0 Å². The lowest BCUT2D eigenvalue weighted by Crippen LogP contribution is -2.48. The zero-order valence-electron chi connectivity index (χ0n) is 20.3. The summed E-state index contributed by atoms with van der Waals surface area (Å²) >= 11 is 0. The highest BCUT2D eigenvalue weighted by atomic mass is 19.4. The van der Waals surface area contributed by atoms with Crippen molar-refractivity contribution in [3.63, 3.8) is 0 Å². The van der Waals surface area contributed by atoms with Crippen LogP contribution in [0.4, 0.5) is 30.2 Å². The SMILES string of the molecule is Cc1cc2c(cc1C)NC1(C(=O)N(Cc3ccccc3)c3c(C(F)(F)F)cccc31)C1=C(CCC1=O)N2. The van der Waals surface area contributed by atoms with Gasteiger partial charge in [0.2, 0.25) is 0 Å². The number of Topliss-reactive ketones (excluding diaryl/α,β-unsaturated/α-hetero) is 1. The highest BCUT2D eigenvalue weighted by Crippen LogP contribution is 2.55. The Morgan fingerprint density at radius 1 is 0.919 bits per heavy atom. The molecule has 188 valence electrons. The fourth-order valence-electron chi connectivity index (χ4n) is 5.73. The van der Waals surface area contributed by atoms with Crippen LogP contribution in [0.3, 0.4) is 0 Å². The molecule has 0 radical (unpaired) electrons. The number of rotatable bonds is 2. The predicted molar refractivity (Wildman–Crippen MR) is 135 cm³/mol. The van der Waals surface area contributed by atoms with Crippen molar-refractivity contribution in [2.75, 3.05) is 15.5 Å². The zero-order valence-corrected chi connectivity index (χ0v) is 20.3. The Bertz CT molecular complexity index is 1510. The van der Waals surface area contributed by atoms with Crippen LogP contribution in [0.1, 0.15) is 40.7 Å². The Morgan fingerprint density at radius 2 is 1.62 bits per heavy atom. The largest absolute Gasteiger partial charge is 0.418 e. The third-order valence-corrected chi connectivity index (χ3v) is 7.56. The van der Waals surface area contributed by atoms with Crippen LogP contribution in [0.15, 0.2) is 71.9 Å². The second kappa shape index (κ2) is 7.96. The number of nitrogens with zero attached hydrogens (tertiary/aromatic N) is 1. The molecule has 6 rings (SSSR count). The van der Waals surface area contributed by atoms with Crippen molar-refractivity contribution in [1.82, 2.24) is 0 Å². The Balaban J connectivity index is 1.66. The van der Waals surface area contributed by atoms with Gasteiger partial charge in [-0.15, -0.1) is 0 Å². The fraction of sp³-hybridized carbons (Fsp3) is 0.241. The molecule has 0 aromatic heterocycles. The van der Waals surface area contributed by atoms with E-state index >= 15 is 0 Å². The Hall–Kier alpha value is -4.07. The maximum atomic E-state index is 14.5. The van der Waals surface area contributed by atoms with E-state index < -0.39 is 23.2 Å². The first-order chi connectivity index (χ1) is 17.6. The molecule has 1 unspecified atom stereocenters. The number of fused-ring (bicyclic) bond motifs is 4. The smallest absolute Gasteiger partial charge is 0.362 e. The average Bonchev–Trinajstić information content (AvgIpc) is 3.27. The second-order valence-corrected chi connectivity index (χ2v) is 9.84. The lowest BCUT2D eigenvalue weighted by atomic mass is 9.81. The van der Waals surface area contributed by atoms with E-state index in [9.17, 15) is 22.8 Å². The van der Waals surface area contributed by atoms with Crippen LogP contribution in [-0.2, 0) is 27.8 Å². The minimum Gasteiger partial charge on any atom is -0.362 e. The predicted octanol–water partition coefficient (Wildman–Crippen LogP) is 6.22. The summed E-state index contributed by atoms with van der Waals surface area (Å²) in [6, 6.07) is 16.5. The molecule has 1 spiro atoms. The minimum absolute atomic E-state index is 0.0623. The zero-order chi connectivity index (χ0) is 26.1. The molecule has 3 aromatic rings. The molecule has 1 aliphatic carbocycles. The molecule has 5 nitrogen and oxygen atoms in total. The van der Waals surface area contributed by atoms with Crippen molar-refractivity contribution in [3.05, 3.63) is 99.8 Å². The van der Waals surface area contributed by atoms with Crippen LogP contribution in [0.5, 0.6) is 0 Å². The van der Waals surface area contributed by atoms with Crippen molar-refractivity contribution in [3.8, 4) is 0 Å². The normalized spacial score (nSPS) is 20.4. The molecular weight excluding hydrogens is 479 g/mol. The maximum Gasteiger partial charge on any atom is 0.418 e. The van der Waals surface area contributed by atoms with E-state index in [1.807, 2.05) is 26.0 Å². The lowest BCUT2D eigenvalue weighted by Gasteiger charge is -2.31. The third-order valence-electron chi connectivity index (χ3n) is 7.56. The van der Waals surface area contributed by atoms with Gasteiger partial charge in [-0.1, -0.05) is 42.5 Å². The second-order valence-electron chi connectivity index (χ2n) is 9.84. The van der Waals surface area contributed by atoms with Crippen molar-refractivity contribution in [2.45, 2.75) is 44.9 Å². The Morgan fingerprint density at radius 3 is 2.32 bits per heavy atom. The van der Waals surface area contributed by atoms with Gasteiger partial charge in [0.1, 0.15) is 0 Å². The summed E-state index contributed by atoms with van der Waals surface area (Å²) in [4.78, 5) is 29.1. The van der Waals surface area contributed by atoms with Crippen molar-refractivity contribution in [1.29, 1.82) is 0 Å². The first kappa shape index (κ1) is 23.3. The summed E-state index contributed by atoms with van der Waals surface area (Å²) < 4.78 is 43.0. The number of allylic oxidation sites excluding steroid dienone is 1. The number of hydrogen-bond acceptors (Lipinski definition) is 4. The molecule has 1 atom stereocenters. The van der Waals surface area contributed by atoms with Gasteiger partial charge in [-0.3, -0.25) is 9.59 Å². The van der Waals surface area contributed by atoms with Gasteiger partial charge in [-0.05, 0) is 55.2 Å². The van der Waals surface area contributed by atoms with E-state index in [2.05, 4.69) is 10.6 Å². The van der Waals surface area contributed by atoms with Crippen LogP contribution in [-0.4, -0.2) is 11.7 Å². The van der Waals surface area contributed by atoms with Crippen LogP contribution < -0.4 is 15.5 Å². The Labute approximate surface area is 212 Å². The van der Waals surface area contributed by atoms with Gasteiger partial charge in [-0.25, -0.2) is 0 Å². The number of hydrogen-bond donors (Lipinski definition) is 2. The van der Waals surface area contributed by atoms with Crippen molar-refractivity contribution in [2.24, 2.45) is 0 Å². The van der Waals surface area contributed by atoms with Crippen molar-refractivity contribution < 1.29 is 22.8 Å². The molecule has 3 aliphatic rings. The minimum atomic E-state index is -4.70. The van der Waals surface area contributed by atoms with E-state index in [1.54, 1.807) is 30.3 Å². The number of ketones is 1. The summed E-state index contributed by atoms with van der Waals surface area (Å²) in [5.74, 6) is -0.854. The Kier molecular flexibility index (Phi) is 5.02. The van der Waals surface area contributed by atoms with Crippen LogP contribution in [0.25, 0.3) is 0 Å². The van der Waals surface area contributed by atoms with Gasteiger partial charge in [0, 0.05) is 17.7 Å². The highest BCUT2D eigenvalue weighted by Gasteiger charge is 2.60. The molecule has 37 heavy (non-hydrogen) atoms. The van der Waals surface area contributed by atoms with Gasteiger partial charge in [-0.2, -0.15) is 13.2 Å². The molecule has 2 aliphatic heterocycles. The molecule has 0 fully saturated rings. The summed E-state index contributed by atoms with van der Waals surface area (Å²) in [6.45, 7) is 3.82. The summed E-state index contributed by atoms with van der Waals surface area (Å²) in [7, 11) is 0. The number of carbonyl (C=O) groups excluding carboxylic acids is 2. The van der Waals surface area contributed by atoms with Gasteiger partial charge >= 0.3 is 6.18 Å². The van der Waals surface area contributed by atoms with Crippen LogP contribution in [0.2, 0.25) is 0 Å². The number of para-hydroxylation sites is 1. The fourth-order valence-corrected chi connectivity index (χ4v) is 5.73. The van der Waals surface area contributed by atoms with Crippen molar-refractivity contribution >= 4 is 28.8 Å². The van der Waals surface area contributed by atoms with Gasteiger partial charge < -0.3 is 15.5 Å². The first-order valence-corrected chi connectivity index (χ1v) is 12.1. The number of aryl methyl sites for hydroxylation is 2. The first-order valence-electron chi connectivity index (χ1n) is 12.1. The van der Waals surface area contributed by atoms with E-state index in [4.69, 9.17) is 0 Å². The van der Waals surface area contributed by atoms with E-state index in [0.29, 0.717) is 29.1 Å². The highest BCUT2D eigenvalue weighted by molar-refractivity contribution is 6.20. The monoisotopic (exact) mass is 503 g/mol. The molecule has 2 heterocycles. The summed E-state index contributed by atoms with van der Waals surface area (Å²) in [5.41, 5.74) is 1.89. The maximum absolute atomic E-state index is 14.5. The number of halogens is 3. The molecule has 0 saturated heterocycles. The molecule has 0 saturated carbocycles. The lowest BCUT2D eigenvalue weighted by molar-refractivity contribution is -0.137. The van der Waals surface area contributed by atoms with E-state index in [1.165, 1.54) is 17.0 Å². The van der Waals surface area contributed by atoms with E-state index in [-0.39, 0.29) is 35.6 Å². The van der Waals surface area contributed by atoms with E-state index in [0.717, 1.165) is 17.2 Å². The molecule has 3 aromatic carbocycles.